The minimum Gasteiger partial charge on any atom is -0.504 e. The molecule has 1 aliphatic rings. The summed E-state index contributed by atoms with van der Waals surface area (Å²) < 4.78 is 16.1. The number of carbonyl (C=O) groups excluding carboxylic acids is 1. The molecule has 2 aromatic carbocycles. The summed E-state index contributed by atoms with van der Waals surface area (Å²) in [6.07, 6.45) is 0. The van der Waals surface area contributed by atoms with Gasteiger partial charge in [-0.2, -0.15) is 0 Å². The van der Waals surface area contributed by atoms with Crippen LogP contribution in [0.3, 0.4) is 0 Å². The number of benzene rings is 2. The minimum absolute atomic E-state index is 0.257. The zero-order chi connectivity index (χ0) is 18.4. The SMILES string of the molecule is COC1(O)C(=O)c2c(cc(O)c(O)c2O)OC1(OC)c1ccccc1. The maximum Gasteiger partial charge on any atom is 0.304 e. The van der Waals surface area contributed by atoms with Gasteiger partial charge in [-0.25, -0.2) is 0 Å². The summed E-state index contributed by atoms with van der Waals surface area (Å²) in [4.78, 5) is 12.9. The maximum absolute atomic E-state index is 12.9. The first-order valence-corrected chi connectivity index (χ1v) is 7.22. The molecule has 0 saturated carbocycles. The lowest BCUT2D eigenvalue weighted by atomic mass is 9.86. The highest BCUT2D eigenvalue weighted by molar-refractivity contribution is 6.08. The third-order valence-corrected chi connectivity index (χ3v) is 4.19. The Morgan fingerprint density at radius 3 is 2.20 bits per heavy atom. The zero-order valence-corrected chi connectivity index (χ0v) is 13.4. The van der Waals surface area contributed by atoms with Crippen LogP contribution in [0.1, 0.15) is 15.9 Å². The third-order valence-electron chi connectivity index (χ3n) is 4.19. The third kappa shape index (κ3) is 2.08. The molecular weight excluding hydrogens is 332 g/mol. The topological polar surface area (TPSA) is 126 Å². The number of fused-ring (bicyclic) bond motifs is 1. The van der Waals surface area contributed by atoms with Gasteiger partial charge in [0.05, 0.1) is 0 Å². The summed E-state index contributed by atoms with van der Waals surface area (Å²) in [6, 6.07) is 9.03. The second-order valence-electron chi connectivity index (χ2n) is 5.43. The largest absolute Gasteiger partial charge is 0.504 e. The second-order valence-corrected chi connectivity index (χ2v) is 5.43. The summed E-state index contributed by atoms with van der Waals surface area (Å²) in [5.41, 5.74) is -0.281. The lowest BCUT2D eigenvalue weighted by Gasteiger charge is -2.46. The van der Waals surface area contributed by atoms with Crippen molar-refractivity contribution in [2.75, 3.05) is 14.2 Å². The van der Waals surface area contributed by atoms with Crippen LogP contribution in [0.4, 0.5) is 0 Å². The molecule has 0 amide bonds. The van der Waals surface area contributed by atoms with E-state index in [9.17, 15) is 25.2 Å². The molecule has 0 saturated heterocycles. The summed E-state index contributed by atoms with van der Waals surface area (Å²) in [7, 11) is 2.27. The van der Waals surface area contributed by atoms with Gasteiger partial charge in [0.25, 0.3) is 5.79 Å². The Morgan fingerprint density at radius 1 is 1.00 bits per heavy atom. The molecule has 25 heavy (non-hydrogen) atoms. The van der Waals surface area contributed by atoms with Gasteiger partial charge >= 0.3 is 5.79 Å². The van der Waals surface area contributed by atoms with E-state index in [1.807, 2.05) is 0 Å². The van der Waals surface area contributed by atoms with Gasteiger partial charge in [0.15, 0.2) is 11.5 Å². The van der Waals surface area contributed by atoms with Gasteiger partial charge in [-0.15, -0.1) is 0 Å². The molecule has 132 valence electrons. The van der Waals surface area contributed by atoms with Gasteiger partial charge < -0.3 is 34.6 Å². The number of rotatable bonds is 3. The maximum atomic E-state index is 12.9. The van der Waals surface area contributed by atoms with Gasteiger partial charge in [-0.05, 0) is 0 Å². The van der Waals surface area contributed by atoms with Crippen molar-refractivity contribution in [3.8, 4) is 23.0 Å². The van der Waals surface area contributed by atoms with Crippen molar-refractivity contribution < 1.29 is 39.4 Å². The molecule has 1 aliphatic heterocycles. The van der Waals surface area contributed by atoms with E-state index >= 15 is 0 Å². The van der Waals surface area contributed by atoms with Crippen molar-refractivity contribution >= 4 is 5.78 Å². The second kappa shape index (κ2) is 5.62. The first-order valence-electron chi connectivity index (χ1n) is 7.22. The Kier molecular flexibility index (Phi) is 3.83. The fourth-order valence-electron chi connectivity index (χ4n) is 2.90. The van der Waals surface area contributed by atoms with Crippen LogP contribution < -0.4 is 4.74 Å². The molecule has 1 heterocycles. The molecule has 0 spiro atoms. The van der Waals surface area contributed by atoms with Crippen LogP contribution in [-0.4, -0.2) is 46.2 Å². The number of ketones is 1. The molecule has 3 rings (SSSR count). The number of carbonyl (C=O) groups is 1. The highest BCUT2D eigenvalue weighted by atomic mass is 16.8. The number of hydrogen-bond acceptors (Lipinski definition) is 8. The lowest BCUT2D eigenvalue weighted by Crippen LogP contribution is -2.64. The van der Waals surface area contributed by atoms with E-state index in [2.05, 4.69) is 0 Å². The van der Waals surface area contributed by atoms with Crippen molar-refractivity contribution in [2.45, 2.75) is 11.6 Å². The molecule has 2 aromatic rings. The highest BCUT2D eigenvalue weighted by Gasteiger charge is 2.65. The first kappa shape index (κ1) is 17.0. The van der Waals surface area contributed by atoms with Crippen LogP contribution in [0.15, 0.2) is 36.4 Å². The van der Waals surface area contributed by atoms with E-state index < -0.39 is 40.2 Å². The molecule has 8 nitrogen and oxygen atoms in total. The Balaban J connectivity index is 2.34. The Morgan fingerprint density at radius 2 is 1.64 bits per heavy atom. The molecule has 2 unspecified atom stereocenters. The highest BCUT2D eigenvalue weighted by Crippen LogP contribution is 2.53. The molecule has 0 aromatic heterocycles. The summed E-state index contributed by atoms with van der Waals surface area (Å²) in [5, 5.41) is 40.4. The standard InChI is InChI=1S/C17H16O8/c1-23-16(22)15(21)12-11(8-10(18)13(19)14(12)20)25-17(16,24-2)9-6-4-3-5-7-9/h3-8,18-20,22H,1-2H3. The Bertz CT molecular complexity index is 834. The van der Waals surface area contributed by atoms with Crippen molar-refractivity contribution in [3.05, 3.63) is 47.5 Å². The van der Waals surface area contributed by atoms with Crippen molar-refractivity contribution in [1.82, 2.24) is 0 Å². The molecule has 2 atom stereocenters. The Labute approximate surface area is 142 Å². The van der Waals surface area contributed by atoms with Crippen molar-refractivity contribution in [1.29, 1.82) is 0 Å². The number of Topliss-reactive ketones (excluding diaryl/α,β-unsaturated/α-hetero) is 1. The first-order chi connectivity index (χ1) is 11.8. The van der Waals surface area contributed by atoms with Gasteiger partial charge in [-0.1, -0.05) is 30.3 Å². The number of aliphatic hydroxyl groups is 1. The van der Waals surface area contributed by atoms with E-state index in [4.69, 9.17) is 14.2 Å². The van der Waals surface area contributed by atoms with Gasteiger partial charge in [0, 0.05) is 25.8 Å². The number of phenolic OH excluding ortho intramolecular Hbond substituents is 3. The quantitative estimate of drug-likeness (QED) is 0.482. The number of ether oxygens (including phenoxy) is 3. The molecule has 4 N–H and O–H groups in total. The van der Waals surface area contributed by atoms with Crippen LogP contribution in [0.25, 0.3) is 0 Å². The Hall–Kier alpha value is -2.81. The van der Waals surface area contributed by atoms with Crippen LogP contribution >= 0.6 is 0 Å². The lowest BCUT2D eigenvalue weighted by molar-refractivity contribution is -0.346. The smallest absolute Gasteiger partial charge is 0.304 e. The fraction of sp³-hybridized carbons (Fsp3) is 0.235. The monoisotopic (exact) mass is 348 g/mol. The average molecular weight is 348 g/mol. The van der Waals surface area contributed by atoms with Gasteiger partial charge in [0.1, 0.15) is 11.3 Å². The van der Waals surface area contributed by atoms with Crippen LogP contribution in [-0.2, 0) is 15.3 Å². The van der Waals surface area contributed by atoms with E-state index in [0.717, 1.165) is 13.2 Å². The van der Waals surface area contributed by atoms with Crippen molar-refractivity contribution in [3.63, 3.8) is 0 Å². The fourth-order valence-corrected chi connectivity index (χ4v) is 2.90. The average Bonchev–Trinajstić information content (AvgIpc) is 2.63. The zero-order valence-electron chi connectivity index (χ0n) is 13.4. The molecular formula is C17H16O8. The number of methoxy groups -OCH3 is 2. The minimum atomic E-state index is -2.67. The summed E-state index contributed by atoms with van der Waals surface area (Å²) in [5.74, 6) is -8.73. The van der Waals surface area contributed by atoms with E-state index in [0.29, 0.717) is 0 Å². The molecule has 0 radical (unpaired) electrons. The van der Waals surface area contributed by atoms with Gasteiger partial charge in [-0.3, -0.25) is 4.79 Å². The predicted molar refractivity (Wildman–Crippen MR) is 83.5 cm³/mol. The summed E-state index contributed by atoms with van der Waals surface area (Å²) >= 11 is 0. The van der Waals surface area contributed by atoms with Crippen LogP contribution in [0, 0.1) is 0 Å². The van der Waals surface area contributed by atoms with E-state index in [1.165, 1.54) is 7.11 Å². The number of hydrogen-bond donors (Lipinski definition) is 4. The number of aromatic hydroxyl groups is 3. The van der Waals surface area contributed by atoms with E-state index in [-0.39, 0.29) is 11.3 Å². The predicted octanol–water partition coefficient (Wildman–Crippen LogP) is 1.21. The van der Waals surface area contributed by atoms with Crippen LogP contribution in [0.2, 0.25) is 0 Å². The normalized spacial score (nSPS) is 25.3. The molecule has 0 bridgehead atoms. The van der Waals surface area contributed by atoms with Gasteiger partial charge in [0.2, 0.25) is 11.5 Å². The van der Waals surface area contributed by atoms with Crippen LogP contribution in [0.5, 0.6) is 23.0 Å². The van der Waals surface area contributed by atoms with E-state index in [1.54, 1.807) is 30.3 Å². The number of phenols is 3. The molecule has 0 aliphatic carbocycles. The summed E-state index contributed by atoms with van der Waals surface area (Å²) in [6.45, 7) is 0. The molecule has 0 fully saturated rings. The van der Waals surface area contributed by atoms with Crippen molar-refractivity contribution in [2.24, 2.45) is 0 Å². The molecule has 8 heteroatoms.